The van der Waals surface area contributed by atoms with Crippen LogP contribution in [0.4, 0.5) is 0 Å². The summed E-state index contributed by atoms with van der Waals surface area (Å²) >= 11 is 0. The van der Waals surface area contributed by atoms with Crippen molar-refractivity contribution in [2.24, 2.45) is 0 Å². The van der Waals surface area contributed by atoms with E-state index in [0.29, 0.717) is 6.42 Å². The second kappa shape index (κ2) is 9.68. The molecule has 3 rings (SSSR count). The van der Waals surface area contributed by atoms with E-state index < -0.39 is 11.5 Å². The van der Waals surface area contributed by atoms with E-state index in [0.717, 1.165) is 13.0 Å². The molecule has 146 valence electrons. The highest BCUT2D eigenvalue weighted by molar-refractivity contribution is 5.41. The second-order valence-corrected chi connectivity index (χ2v) is 7.60. The van der Waals surface area contributed by atoms with Crippen LogP contribution in [0.25, 0.3) is 0 Å². The molecule has 0 saturated heterocycles. The van der Waals surface area contributed by atoms with E-state index in [1.54, 1.807) is 0 Å². The van der Waals surface area contributed by atoms with Crippen molar-refractivity contribution in [3.8, 4) is 0 Å². The maximum Gasteiger partial charge on any atom is 0.0675 e. The topological polar surface area (TPSA) is 32.3 Å². The average molecular weight is 374 g/mol. The molecule has 3 aromatic rings. The minimum absolute atomic E-state index is 0.238. The van der Waals surface area contributed by atoms with Gasteiger partial charge >= 0.3 is 0 Å². The molecule has 0 radical (unpaired) electrons. The number of aliphatic hydroxyl groups excluding tert-OH is 1. The Hall–Kier alpha value is -2.42. The van der Waals surface area contributed by atoms with E-state index in [4.69, 9.17) is 0 Å². The van der Waals surface area contributed by atoms with Gasteiger partial charge in [-0.2, -0.15) is 0 Å². The highest BCUT2D eigenvalue weighted by atomic mass is 16.3. The lowest BCUT2D eigenvalue weighted by molar-refractivity contribution is 0.0865. The molecule has 0 aromatic heterocycles. The number of aliphatic hydroxyl groups is 1. The first-order valence-electron chi connectivity index (χ1n) is 10.2. The molecule has 28 heavy (non-hydrogen) atoms. The fourth-order valence-electron chi connectivity index (χ4n) is 4.19. The molecule has 0 amide bonds. The van der Waals surface area contributed by atoms with Crippen LogP contribution in [-0.2, 0) is 12.0 Å². The summed E-state index contributed by atoms with van der Waals surface area (Å²) in [5.74, 6) is 0. The van der Waals surface area contributed by atoms with Crippen molar-refractivity contribution in [1.82, 2.24) is 5.32 Å². The Morgan fingerprint density at radius 3 is 1.71 bits per heavy atom. The van der Waals surface area contributed by atoms with E-state index in [1.807, 2.05) is 18.2 Å². The van der Waals surface area contributed by atoms with Crippen molar-refractivity contribution < 1.29 is 5.11 Å². The lowest BCUT2D eigenvalue weighted by Gasteiger charge is -2.41. The van der Waals surface area contributed by atoms with E-state index >= 15 is 0 Å². The van der Waals surface area contributed by atoms with Crippen molar-refractivity contribution in [3.05, 3.63) is 108 Å². The predicted molar refractivity (Wildman–Crippen MR) is 117 cm³/mol. The molecule has 0 fully saturated rings. The fraction of sp³-hybridized carbons (Fsp3) is 0.308. The van der Waals surface area contributed by atoms with Gasteiger partial charge in [0.25, 0.3) is 0 Å². The Morgan fingerprint density at radius 2 is 1.25 bits per heavy atom. The minimum Gasteiger partial charge on any atom is -0.392 e. The van der Waals surface area contributed by atoms with Gasteiger partial charge in [-0.25, -0.2) is 0 Å². The highest BCUT2D eigenvalue weighted by Gasteiger charge is 2.41. The van der Waals surface area contributed by atoms with Crippen LogP contribution in [-0.4, -0.2) is 17.3 Å². The number of nitrogens with one attached hydrogen (secondary N) is 1. The quantitative estimate of drug-likeness (QED) is 0.532. The van der Waals surface area contributed by atoms with Crippen molar-refractivity contribution in [2.45, 2.75) is 50.8 Å². The van der Waals surface area contributed by atoms with Crippen LogP contribution in [0.2, 0.25) is 0 Å². The molecule has 0 aliphatic heterocycles. The van der Waals surface area contributed by atoms with E-state index in [9.17, 15) is 5.11 Å². The molecule has 0 aliphatic rings. The molecule has 0 saturated carbocycles. The lowest BCUT2D eigenvalue weighted by Crippen LogP contribution is -2.45. The summed E-state index contributed by atoms with van der Waals surface area (Å²) in [5.41, 5.74) is 3.17. The Kier molecular flexibility index (Phi) is 7.02. The van der Waals surface area contributed by atoms with Gasteiger partial charge in [-0.1, -0.05) is 97.9 Å². The first-order valence-corrected chi connectivity index (χ1v) is 10.2. The van der Waals surface area contributed by atoms with Gasteiger partial charge in [-0.05, 0) is 36.5 Å². The largest absolute Gasteiger partial charge is 0.392 e. The average Bonchev–Trinajstić information content (AvgIpc) is 2.77. The van der Waals surface area contributed by atoms with Gasteiger partial charge in [0.2, 0.25) is 0 Å². The molecule has 0 spiro atoms. The molecular weight excluding hydrogens is 342 g/mol. The van der Waals surface area contributed by atoms with Crippen molar-refractivity contribution >= 4 is 0 Å². The third-order valence-corrected chi connectivity index (χ3v) is 5.66. The summed E-state index contributed by atoms with van der Waals surface area (Å²) in [6, 6.07) is 31.6. The Morgan fingerprint density at radius 1 is 0.786 bits per heavy atom. The molecule has 2 atom stereocenters. The van der Waals surface area contributed by atoms with Crippen LogP contribution < -0.4 is 5.32 Å². The van der Waals surface area contributed by atoms with Crippen LogP contribution in [0.15, 0.2) is 91.0 Å². The van der Waals surface area contributed by atoms with E-state index in [1.165, 1.54) is 16.7 Å². The fourth-order valence-corrected chi connectivity index (χ4v) is 4.19. The zero-order valence-electron chi connectivity index (χ0n) is 16.9. The molecule has 0 aliphatic carbocycles. The molecule has 2 N–H and O–H groups in total. The summed E-state index contributed by atoms with van der Waals surface area (Å²) in [7, 11) is 0. The number of hydrogen-bond acceptors (Lipinski definition) is 2. The summed E-state index contributed by atoms with van der Waals surface area (Å²) in [4.78, 5) is 0. The number of rotatable bonds is 9. The highest BCUT2D eigenvalue weighted by Crippen LogP contribution is 2.41. The van der Waals surface area contributed by atoms with Gasteiger partial charge < -0.3 is 10.4 Å². The molecule has 0 bridgehead atoms. The third kappa shape index (κ3) is 4.52. The van der Waals surface area contributed by atoms with Crippen molar-refractivity contribution in [1.29, 1.82) is 0 Å². The van der Waals surface area contributed by atoms with Crippen LogP contribution >= 0.6 is 0 Å². The van der Waals surface area contributed by atoms with Crippen LogP contribution in [0.5, 0.6) is 0 Å². The summed E-state index contributed by atoms with van der Waals surface area (Å²) < 4.78 is 0. The molecule has 0 unspecified atom stereocenters. The Balaban J connectivity index is 1.93. The Labute approximate surface area is 169 Å². The van der Waals surface area contributed by atoms with Gasteiger partial charge in [-0.15, -0.1) is 0 Å². The van der Waals surface area contributed by atoms with Crippen molar-refractivity contribution in [3.63, 3.8) is 0 Å². The van der Waals surface area contributed by atoms with E-state index in [-0.39, 0.29) is 6.04 Å². The predicted octanol–water partition coefficient (Wildman–Crippen LogP) is 5.31. The first-order chi connectivity index (χ1) is 13.7. The maximum absolute atomic E-state index is 11.3. The standard InChI is InChI=1S/C26H31NO/c1-3-25(28)26(23-15-9-5-10-16-23,24-17-11-6-12-18-24)19-21(2)27-20-22-13-7-4-8-14-22/h4-18,21,25,27-28H,3,19-20H2,1-2H3/t21-,25+/m0/s1. The first kappa shape index (κ1) is 20.3. The summed E-state index contributed by atoms with van der Waals surface area (Å²) in [6.45, 7) is 5.10. The van der Waals surface area contributed by atoms with Crippen LogP contribution in [0.3, 0.4) is 0 Å². The summed E-state index contributed by atoms with van der Waals surface area (Å²) in [6.07, 6.45) is 1.07. The van der Waals surface area contributed by atoms with E-state index in [2.05, 4.69) is 92.0 Å². The number of hydrogen-bond donors (Lipinski definition) is 2. The van der Waals surface area contributed by atoms with Crippen molar-refractivity contribution in [2.75, 3.05) is 0 Å². The molecule has 2 nitrogen and oxygen atoms in total. The van der Waals surface area contributed by atoms with Crippen LogP contribution in [0.1, 0.15) is 43.4 Å². The normalized spacial score (nSPS) is 13.8. The van der Waals surface area contributed by atoms with Gasteiger partial charge in [0.1, 0.15) is 0 Å². The minimum atomic E-state index is -0.460. The molecule has 0 heterocycles. The molecule has 2 heteroatoms. The lowest BCUT2D eigenvalue weighted by atomic mass is 9.66. The van der Waals surface area contributed by atoms with Gasteiger partial charge in [0.05, 0.1) is 6.10 Å². The second-order valence-electron chi connectivity index (χ2n) is 7.60. The summed E-state index contributed by atoms with van der Waals surface area (Å²) in [5, 5.41) is 14.9. The number of benzene rings is 3. The zero-order valence-corrected chi connectivity index (χ0v) is 16.9. The van der Waals surface area contributed by atoms with Gasteiger partial charge in [0, 0.05) is 18.0 Å². The SMILES string of the molecule is CC[C@@H](O)C(C[C@H](C)NCc1ccccc1)(c1ccccc1)c1ccccc1. The van der Waals surface area contributed by atoms with Gasteiger partial charge in [0.15, 0.2) is 0 Å². The smallest absolute Gasteiger partial charge is 0.0675 e. The Bertz CT molecular complexity index is 777. The maximum atomic E-state index is 11.3. The third-order valence-electron chi connectivity index (χ3n) is 5.66. The van der Waals surface area contributed by atoms with Crippen LogP contribution in [0, 0.1) is 0 Å². The zero-order chi connectivity index (χ0) is 19.8. The molecule has 3 aromatic carbocycles. The monoisotopic (exact) mass is 373 g/mol. The van der Waals surface area contributed by atoms with Gasteiger partial charge in [-0.3, -0.25) is 0 Å². The molecular formula is C26H31NO.